The van der Waals surface area contributed by atoms with Crippen molar-refractivity contribution in [3.8, 4) is 17.1 Å². The van der Waals surface area contributed by atoms with Crippen LogP contribution in [0.4, 0.5) is 10.8 Å². The number of para-hydroxylation sites is 1. The molecular weight excluding hydrogens is 392 g/mol. The standard InChI is InChI=1S/C21H17ClN4OS/c22-17-2-1-3-18-19(17)26-21(28-18)25-16-8-6-14(7-9-16)15-10-23-20(24-11-15)27-12-13-4-5-13/h1-3,6-11,13H,4-5,12H2,(H,25,26). The van der Waals surface area contributed by atoms with E-state index >= 15 is 0 Å². The number of anilines is 2. The number of hydrogen-bond acceptors (Lipinski definition) is 6. The second-order valence-electron chi connectivity index (χ2n) is 6.82. The first-order chi connectivity index (χ1) is 13.7. The largest absolute Gasteiger partial charge is 0.463 e. The van der Waals surface area contributed by atoms with Crippen molar-refractivity contribution in [1.29, 1.82) is 0 Å². The minimum Gasteiger partial charge on any atom is -0.463 e. The molecule has 28 heavy (non-hydrogen) atoms. The van der Waals surface area contributed by atoms with Gasteiger partial charge in [-0.3, -0.25) is 0 Å². The van der Waals surface area contributed by atoms with Crippen LogP contribution in [-0.4, -0.2) is 21.6 Å². The van der Waals surface area contributed by atoms with Crippen LogP contribution in [0.1, 0.15) is 12.8 Å². The van der Waals surface area contributed by atoms with Crippen molar-refractivity contribution < 1.29 is 4.74 Å². The highest BCUT2D eigenvalue weighted by Crippen LogP contribution is 2.33. The Bertz CT molecular complexity index is 1110. The third-order valence-corrected chi connectivity index (χ3v) is 5.85. The summed E-state index contributed by atoms with van der Waals surface area (Å²) in [4.78, 5) is 13.2. The summed E-state index contributed by atoms with van der Waals surface area (Å²) in [6.45, 7) is 0.719. The minimum absolute atomic E-state index is 0.448. The minimum atomic E-state index is 0.448. The zero-order valence-corrected chi connectivity index (χ0v) is 16.5. The Balaban J connectivity index is 1.28. The molecule has 1 N–H and O–H groups in total. The van der Waals surface area contributed by atoms with Crippen LogP contribution < -0.4 is 10.1 Å². The molecule has 5 nitrogen and oxygen atoms in total. The van der Waals surface area contributed by atoms with E-state index in [0.717, 1.165) is 38.8 Å². The van der Waals surface area contributed by atoms with E-state index in [1.807, 2.05) is 42.5 Å². The monoisotopic (exact) mass is 408 g/mol. The van der Waals surface area contributed by atoms with Crippen molar-refractivity contribution in [2.75, 3.05) is 11.9 Å². The van der Waals surface area contributed by atoms with E-state index in [0.29, 0.717) is 17.0 Å². The molecule has 4 aromatic rings. The summed E-state index contributed by atoms with van der Waals surface area (Å²) in [7, 11) is 0. The van der Waals surface area contributed by atoms with Gasteiger partial charge in [-0.05, 0) is 48.6 Å². The van der Waals surface area contributed by atoms with Crippen LogP contribution in [0.25, 0.3) is 21.3 Å². The van der Waals surface area contributed by atoms with E-state index in [2.05, 4.69) is 20.3 Å². The van der Waals surface area contributed by atoms with Gasteiger partial charge in [-0.1, -0.05) is 41.1 Å². The van der Waals surface area contributed by atoms with Gasteiger partial charge in [0.2, 0.25) is 0 Å². The fourth-order valence-electron chi connectivity index (χ4n) is 2.85. The molecule has 0 unspecified atom stereocenters. The lowest BCUT2D eigenvalue weighted by molar-refractivity contribution is 0.276. The molecular formula is C21H17ClN4OS. The molecule has 0 aliphatic heterocycles. The maximum atomic E-state index is 6.21. The Kier molecular flexibility index (Phi) is 4.58. The van der Waals surface area contributed by atoms with Gasteiger partial charge in [-0.2, -0.15) is 0 Å². The maximum absolute atomic E-state index is 6.21. The number of nitrogens with zero attached hydrogens (tertiary/aromatic N) is 3. The molecule has 2 aromatic heterocycles. The molecule has 0 amide bonds. The second kappa shape index (κ2) is 7.37. The Morgan fingerprint density at radius 3 is 2.54 bits per heavy atom. The summed E-state index contributed by atoms with van der Waals surface area (Å²) in [6, 6.07) is 14.4. The molecule has 140 valence electrons. The lowest BCUT2D eigenvalue weighted by Crippen LogP contribution is -2.02. The van der Waals surface area contributed by atoms with Crippen molar-refractivity contribution in [2.24, 2.45) is 5.92 Å². The van der Waals surface area contributed by atoms with Gasteiger partial charge in [-0.25, -0.2) is 15.0 Å². The summed E-state index contributed by atoms with van der Waals surface area (Å²) in [6.07, 6.45) is 6.10. The highest BCUT2D eigenvalue weighted by Gasteiger charge is 2.22. The van der Waals surface area contributed by atoms with Crippen molar-refractivity contribution in [3.63, 3.8) is 0 Å². The molecule has 2 heterocycles. The topological polar surface area (TPSA) is 59.9 Å². The number of ether oxygens (including phenoxy) is 1. The van der Waals surface area contributed by atoms with Gasteiger partial charge in [0.05, 0.1) is 16.3 Å². The first kappa shape index (κ1) is 17.4. The second-order valence-corrected chi connectivity index (χ2v) is 8.25. The molecule has 5 rings (SSSR count). The average molecular weight is 409 g/mol. The zero-order valence-electron chi connectivity index (χ0n) is 14.9. The van der Waals surface area contributed by atoms with Crippen LogP contribution in [0.5, 0.6) is 6.01 Å². The maximum Gasteiger partial charge on any atom is 0.316 e. The summed E-state index contributed by atoms with van der Waals surface area (Å²) in [5.74, 6) is 0.690. The van der Waals surface area contributed by atoms with Gasteiger partial charge >= 0.3 is 6.01 Å². The number of halogens is 1. The lowest BCUT2D eigenvalue weighted by Gasteiger charge is -2.06. The molecule has 1 aliphatic rings. The lowest BCUT2D eigenvalue weighted by atomic mass is 10.1. The Morgan fingerprint density at radius 2 is 1.82 bits per heavy atom. The molecule has 0 radical (unpaired) electrons. The summed E-state index contributed by atoms with van der Waals surface area (Å²) in [5, 5.41) is 4.82. The first-order valence-electron chi connectivity index (χ1n) is 9.12. The van der Waals surface area contributed by atoms with E-state index in [1.54, 1.807) is 23.7 Å². The fourth-order valence-corrected chi connectivity index (χ4v) is 4.04. The van der Waals surface area contributed by atoms with Crippen LogP contribution in [0.15, 0.2) is 54.9 Å². The highest BCUT2D eigenvalue weighted by atomic mass is 35.5. The molecule has 0 atom stereocenters. The number of benzene rings is 2. The van der Waals surface area contributed by atoms with Gasteiger partial charge in [0.15, 0.2) is 5.13 Å². The van der Waals surface area contributed by atoms with E-state index in [9.17, 15) is 0 Å². The molecule has 0 saturated heterocycles. The number of fused-ring (bicyclic) bond motifs is 1. The zero-order chi connectivity index (χ0) is 18.9. The normalized spacial score (nSPS) is 13.6. The van der Waals surface area contributed by atoms with Gasteiger partial charge in [0.25, 0.3) is 0 Å². The van der Waals surface area contributed by atoms with Crippen LogP contribution in [0, 0.1) is 5.92 Å². The van der Waals surface area contributed by atoms with Crippen LogP contribution >= 0.6 is 22.9 Å². The average Bonchev–Trinajstić information content (AvgIpc) is 3.46. The van der Waals surface area contributed by atoms with Crippen LogP contribution in [-0.2, 0) is 0 Å². The third kappa shape index (κ3) is 3.79. The number of thiazole rings is 1. The van der Waals surface area contributed by atoms with E-state index in [4.69, 9.17) is 16.3 Å². The quantitative estimate of drug-likeness (QED) is 0.427. The third-order valence-electron chi connectivity index (χ3n) is 4.61. The molecule has 0 spiro atoms. The van der Waals surface area contributed by atoms with E-state index in [1.165, 1.54) is 12.8 Å². The molecule has 1 aliphatic carbocycles. The molecule has 2 aromatic carbocycles. The Hall–Kier alpha value is -2.70. The molecule has 1 fully saturated rings. The number of rotatable bonds is 6. The summed E-state index contributed by atoms with van der Waals surface area (Å²) < 4.78 is 6.65. The fraction of sp³-hybridized carbons (Fsp3) is 0.190. The predicted molar refractivity (Wildman–Crippen MR) is 114 cm³/mol. The number of hydrogen-bond donors (Lipinski definition) is 1. The van der Waals surface area contributed by atoms with Crippen molar-refractivity contribution in [2.45, 2.75) is 12.8 Å². The predicted octanol–water partition coefficient (Wildman–Crippen LogP) is 5.94. The van der Waals surface area contributed by atoms with Crippen molar-refractivity contribution in [3.05, 3.63) is 59.9 Å². The Morgan fingerprint density at radius 1 is 1.04 bits per heavy atom. The van der Waals surface area contributed by atoms with Crippen molar-refractivity contribution in [1.82, 2.24) is 15.0 Å². The van der Waals surface area contributed by atoms with Crippen molar-refractivity contribution >= 4 is 44.0 Å². The van der Waals surface area contributed by atoms with Gasteiger partial charge < -0.3 is 10.1 Å². The van der Waals surface area contributed by atoms with E-state index in [-0.39, 0.29) is 0 Å². The SMILES string of the molecule is Clc1cccc2sc(Nc3ccc(-c4cnc(OCC5CC5)nc4)cc3)nc12. The molecule has 7 heteroatoms. The van der Waals surface area contributed by atoms with Gasteiger partial charge in [-0.15, -0.1) is 0 Å². The van der Waals surface area contributed by atoms with Crippen LogP contribution in [0.3, 0.4) is 0 Å². The van der Waals surface area contributed by atoms with Crippen LogP contribution in [0.2, 0.25) is 5.02 Å². The summed E-state index contributed by atoms with van der Waals surface area (Å²) >= 11 is 7.79. The van der Waals surface area contributed by atoms with Gasteiger partial charge in [0, 0.05) is 23.6 Å². The molecule has 0 bridgehead atoms. The van der Waals surface area contributed by atoms with Gasteiger partial charge in [0.1, 0.15) is 5.52 Å². The first-order valence-corrected chi connectivity index (χ1v) is 10.3. The number of nitrogens with one attached hydrogen (secondary N) is 1. The highest BCUT2D eigenvalue weighted by molar-refractivity contribution is 7.22. The number of aromatic nitrogens is 3. The Labute approximate surface area is 171 Å². The smallest absolute Gasteiger partial charge is 0.316 e. The molecule has 1 saturated carbocycles. The van der Waals surface area contributed by atoms with E-state index < -0.39 is 0 Å². The summed E-state index contributed by atoms with van der Waals surface area (Å²) in [5.41, 5.74) is 3.79.